The van der Waals surface area contributed by atoms with Gasteiger partial charge in [-0.1, -0.05) is 0 Å². The minimum Gasteiger partial charge on any atom is -0.348 e. The largest absolute Gasteiger partial charge is 0.348 e. The van der Waals surface area contributed by atoms with Crippen LogP contribution >= 0.6 is 0 Å². The molecular weight excluding hydrogens is 204 g/mol. The summed E-state index contributed by atoms with van der Waals surface area (Å²) in [7, 11) is 1.87. The molecule has 1 saturated heterocycles. The van der Waals surface area contributed by atoms with Crippen LogP contribution in [0.3, 0.4) is 0 Å². The van der Waals surface area contributed by atoms with E-state index in [2.05, 4.69) is 15.7 Å². The first-order valence-corrected chi connectivity index (χ1v) is 5.69. The van der Waals surface area contributed by atoms with Crippen molar-refractivity contribution in [3.63, 3.8) is 0 Å². The molecule has 2 unspecified atom stereocenters. The predicted molar refractivity (Wildman–Crippen MR) is 60.8 cm³/mol. The molecule has 0 spiro atoms. The van der Waals surface area contributed by atoms with Crippen molar-refractivity contribution in [2.24, 2.45) is 7.05 Å². The van der Waals surface area contributed by atoms with Crippen LogP contribution in [-0.2, 0) is 11.8 Å². The molecule has 1 aliphatic heterocycles. The van der Waals surface area contributed by atoms with Crippen LogP contribution in [0, 0.1) is 0 Å². The number of aryl methyl sites for hydroxylation is 1. The van der Waals surface area contributed by atoms with E-state index in [1.807, 2.05) is 20.2 Å². The van der Waals surface area contributed by atoms with Crippen LogP contribution in [0.1, 0.15) is 31.4 Å². The number of amides is 1. The van der Waals surface area contributed by atoms with E-state index in [1.54, 1.807) is 10.9 Å². The lowest BCUT2D eigenvalue weighted by Gasteiger charge is -2.15. The summed E-state index contributed by atoms with van der Waals surface area (Å²) in [6.07, 6.45) is 5.73. The number of aromatic nitrogens is 2. The van der Waals surface area contributed by atoms with Gasteiger partial charge >= 0.3 is 0 Å². The molecule has 1 aliphatic rings. The van der Waals surface area contributed by atoms with Gasteiger partial charge in [0.2, 0.25) is 5.91 Å². The van der Waals surface area contributed by atoms with E-state index in [9.17, 15) is 4.79 Å². The summed E-state index contributed by atoms with van der Waals surface area (Å²) in [5.74, 6) is 0.0915. The zero-order valence-corrected chi connectivity index (χ0v) is 9.73. The summed E-state index contributed by atoms with van der Waals surface area (Å²) in [5.41, 5.74) is 1.04. The Balaban J connectivity index is 1.91. The molecule has 1 aromatic heterocycles. The third-order valence-corrected chi connectivity index (χ3v) is 2.96. The molecule has 0 saturated carbocycles. The van der Waals surface area contributed by atoms with Crippen molar-refractivity contribution in [2.75, 3.05) is 6.54 Å². The first-order valence-electron chi connectivity index (χ1n) is 5.69. The van der Waals surface area contributed by atoms with Gasteiger partial charge in [0.1, 0.15) is 0 Å². The number of nitrogens with zero attached hydrogens (tertiary/aromatic N) is 2. The van der Waals surface area contributed by atoms with Gasteiger partial charge in [0, 0.05) is 18.8 Å². The standard InChI is InChI=1S/C11H18N4O/c1-8(9-6-13-15(2)7-9)14-11(16)10-4-3-5-12-10/h6-8,10,12H,3-5H2,1-2H3,(H,14,16). The fraction of sp³-hybridized carbons (Fsp3) is 0.636. The van der Waals surface area contributed by atoms with Gasteiger partial charge < -0.3 is 10.6 Å². The molecule has 0 aliphatic carbocycles. The first-order chi connectivity index (χ1) is 7.66. The lowest BCUT2D eigenvalue weighted by molar-refractivity contribution is -0.123. The Kier molecular flexibility index (Phi) is 3.24. The Morgan fingerprint density at radius 1 is 1.75 bits per heavy atom. The molecule has 2 rings (SSSR count). The van der Waals surface area contributed by atoms with Crippen molar-refractivity contribution in [2.45, 2.75) is 31.8 Å². The number of carbonyl (C=O) groups excluding carboxylic acids is 1. The van der Waals surface area contributed by atoms with Gasteiger partial charge in [0.05, 0.1) is 18.3 Å². The maximum Gasteiger partial charge on any atom is 0.237 e. The number of rotatable bonds is 3. The summed E-state index contributed by atoms with van der Waals surface area (Å²) >= 11 is 0. The molecule has 1 aromatic rings. The summed E-state index contributed by atoms with van der Waals surface area (Å²) in [6, 6.07) is 0.00252. The molecule has 0 radical (unpaired) electrons. The van der Waals surface area contributed by atoms with E-state index in [-0.39, 0.29) is 18.0 Å². The Bertz CT molecular complexity index is 368. The molecule has 5 nitrogen and oxygen atoms in total. The summed E-state index contributed by atoms with van der Waals surface area (Å²) in [4.78, 5) is 11.8. The molecule has 16 heavy (non-hydrogen) atoms. The third-order valence-electron chi connectivity index (χ3n) is 2.96. The molecule has 2 N–H and O–H groups in total. The Morgan fingerprint density at radius 2 is 2.56 bits per heavy atom. The molecule has 0 aromatic carbocycles. The van der Waals surface area contributed by atoms with Crippen molar-refractivity contribution in [1.29, 1.82) is 0 Å². The molecule has 0 bridgehead atoms. The second-order valence-corrected chi connectivity index (χ2v) is 4.33. The normalized spacial score (nSPS) is 22.0. The van der Waals surface area contributed by atoms with Gasteiger partial charge in [0.15, 0.2) is 0 Å². The highest BCUT2D eigenvalue weighted by atomic mass is 16.2. The quantitative estimate of drug-likeness (QED) is 0.776. The molecule has 88 valence electrons. The van der Waals surface area contributed by atoms with E-state index in [1.165, 1.54) is 0 Å². The fourth-order valence-corrected chi connectivity index (χ4v) is 1.97. The van der Waals surface area contributed by atoms with Gasteiger partial charge in [0.25, 0.3) is 0 Å². The highest BCUT2D eigenvalue weighted by molar-refractivity contribution is 5.82. The maximum absolute atomic E-state index is 11.8. The van der Waals surface area contributed by atoms with Crippen LogP contribution in [0.25, 0.3) is 0 Å². The lowest BCUT2D eigenvalue weighted by atomic mass is 10.1. The second kappa shape index (κ2) is 4.65. The van der Waals surface area contributed by atoms with Gasteiger partial charge in [-0.2, -0.15) is 5.10 Å². The minimum atomic E-state index is -0.0147. The summed E-state index contributed by atoms with van der Waals surface area (Å²) < 4.78 is 1.74. The van der Waals surface area contributed by atoms with Crippen LogP contribution < -0.4 is 10.6 Å². The van der Waals surface area contributed by atoms with Gasteiger partial charge in [-0.05, 0) is 26.3 Å². The second-order valence-electron chi connectivity index (χ2n) is 4.33. The van der Waals surface area contributed by atoms with E-state index >= 15 is 0 Å². The molecule has 1 amide bonds. The molecular formula is C11H18N4O. The van der Waals surface area contributed by atoms with Gasteiger partial charge in [-0.25, -0.2) is 0 Å². The van der Waals surface area contributed by atoms with Crippen LogP contribution in [0.15, 0.2) is 12.4 Å². The summed E-state index contributed by atoms with van der Waals surface area (Å²) in [5, 5.41) is 10.3. The maximum atomic E-state index is 11.8. The number of hydrogen-bond acceptors (Lipinski definition) is 3. The van der Waals surface area contributed by atoms with Crippen LogP contribution in [0.4, 0.5) is 0 Å². The predicted octanol–water partition coefficient (Wildman–Crippen LogP) is 0.349. The highest BCUT2D eigenvalue weighted by Gasteiger charge is 2.23. The molecule has 5 heteroatoms. The van der Waals surface area contributed by atoms with E-state index < -0.39 is 0 Å². The van der Waals surface area contributed by atoms with Crippen molar-refractivity contribution >= 4 is 5.91 Å². The van der Waals surface area contributed by atoms with Crippen molar-refractivity contribution in [1.82, 2.24) is 20.4 Å². The van der Waals surface area contributed by atoms with E-state index in [4.69, 9.17) is 0 Å². The molecule has 2 atom stereocenters. The van der Waals surface area contributed by atoms with Gasteiger partial charge in [-0.3, -0.25) is 9.48 Å². The topological polar surface area (TPSA) is 59.0 Å². The zero-order chi connectivity index (χ0) is 11.5. The fourth-order valence-electron chi connectivity index (χ4n) is 1.97. The van der Waals surface area contributed by atoms with Crippen LogP contribution in [0.2, 0.25) is 0 Å². The Morgan fingerprint density at radius 3 is 3.12 bits per heavy atom. The average Bonchev–Trinajstić information content (AvgIpc) is 2.87. The van der Waals surface area contributed by atoms with Gasteiger partial charge in [-0.15, -0.1) is 0 Å². The van der Waals surface area contributed by atoms with Crippen LogP contribution in [0.5, 0.6) is 0 Å². The SMILES string of the molecule is CC(NC(=O)C1CCCN1)c1cnn(C)c1. The third kappa shape index (κ3) is 2.41. The van der Waals surface area contributed by atoms with Crippen LogP contribution in [-0.4, -0.2) is 28.3 Å². The number of hydrogen-bond donors (Lipinski definition) is 2. The zero-order valence-electron chi connectivity index (χ0n) is 9.73. The van der Waals surface area contributed by atoms with Crippen molar-refractivity contribution in [3.05, 3.63) is 18.0 Å². The first kappa shape index (κ1) is 11.1. The lowest BCUT2D eigenvalue weighted by Crippen LogP contribution is -2.41. The number of carbonyl (C=O) groups is 1. The average molecular weight is 222 g/mol. The molecule has 1 fully saturated rings. The highest BCUT2D eigenvalue weighted by Crippen LogP contribution is 2.12. The summed E-state index contributed by atoms with van der Waals surface area (Å²) in [6.45, 7) is 2.92. The van der Waals surface area contributed by atoms with E-state index in [0.717, 1.165) is 24.9 Å². The molecule has 2 heterocycles. The van der Waals surface area contributed by atoms with Crippen molar-refractivity contribution < 1.29 is 4.79 Å². The van der Waals surface area contributed by atoms with Crippen molar-refractivity contribution in [3.8, 4) is 0 Å². The smallest absolute Gasteiger partial charge is 0.237 e. The monoisotopic (exact) mass is 222 g/mol. The Hall–Kier alpha value is -1.36. The van der Waals surface area contributed by atoms with E-state index in [0.29, 0.717) is 0 Å². The minimum absolute atomic E-state index is 0.0147. The Labute approximate surface area is 95.2 Å². The number of nitrogens with one attached hydrogen (secondary N) is 2.